The Bertz CT molecular complexity index is 363. The fourth-order valence-corrected chi connectivity index (χ4v) is 2.91. The van der Waals surface area contributed by atoms with Crippen molar-refractivity contribution in [3.8, 4) is 0 Å². The maximum atomic E-state index is 9.75. The normalized spacial score (nSPS) is 10.9. The molecule has 1 heterocycles. The van der Waals surface area contributed by atoms with Crippen molar-refractivity contribution in [1.29, 1.82) is 0 Å². The van der Waals surface area contributed by atoms with E-state index in [1.807, 2.05) is 0 Å². The maximum absolute atomic E-state index is 9.75. The van der Waals surface area contributed by atoms with E-state index in [9.17, 15) is 17.3 Å². The molecule has 0 aliphatic rings. The van der Waals surface area contributed by atoms with Gasteiger partial charge in [0.1, 0.15) is 0 Å². The van der Waals surface area contributed by atoms with Crippen LogP contribution in [0.25, 0.3) is 8.92 Å². The van der Waals surface area contributed by atoms with Crippen LogP contribution in [0.1, 0.15) is 0 Å². The number of para-hydroxylation sites is 1. The molecule has 0 unspecified atom stereocenters. The first-order chi connectivity index (χ1) is 6.47. The molecule has 0 saturated heterocycles. The molecule has 1 aromatic heterocycles. The summed E-state index contributed by atoms with van der Waals surface area (Å²) in [5.41, 5.74) is 1.32. The molecule has 76 valence electrons. The summed E-state index contributed by atoms with van der Waals surface area (Å²) in [5, 5.41) is 0. The number of benzene rings is 1. The van der Waals surface area contributed by atoms with E-state index in [4.69, 9.17) is 0 Å². The topological polar surface area (TPSA) is 14.1 Å². The van der Waals surface area contributed by atoms with Crippen molar-refractivity contribution in [3.63, 3.8) is 0 Å². The number of rotatable bonds is 0. The molecule has 0 bridgehead atoms. The molecule has 0 radical (unpaired) electrons. The molecular formula is C7H6BF4NTe. The van der Waals surface area contributed by atoms with Crippen molar-refractivity contribution < 1.29 is 22.2 Å². The van der Waals surface area contributed by atoms with E-state index in [0.717, 1.165) is 0 Å². The predicted octanol–water partition coefficient (Wildman–Crippen LogP) is 2.01. The van der Waals surface area contributed by atoms with Gasteiger partial charge < -0.3 is 17.3 Å². The van der Waals surface area contributed by atoms with E-state index in [2.05, 4.69) is 33.5 Å². The third kappa shape index (κ3) is 4.63. The van der Waals surface area contributed by atoms with E-state index < -0.39 is 7.25 Å². The van der Waals surface area contributed by atoms with Crippen LogP contribution in [-0.4, -0.2) is 27.7 Å². The second kappa shape index (κ2) is 4.81. The second-order valence-corrected chi connectivity index (χ2v) is 4.97. The fraction of sp³-hybridized carbons (Fsp3) is 0. The molecular weight excluding hydrogens is 312 g/mol. The number of halogens is 4. The Morgan fingerprint density at radius 3 is 2.21 bits per heavy atom. The molecule has 2 aromatic rings. The van der Waals surface area contributed by atoms with Crippen molar-refractivity contribution in [2.24, 2.45) is 0 Å². The van der Waals surface area contributed by atoms with Crippen molar-refractivity contribution in [3.05, 3.63) is 28.5 Å². The number of hydrogen-bond donors (Lipinski definition) is 0. The number of H-pyrrole nitrogens is 1. The van der Waals surface area contributed by atoms with Crippen molar-refractivity contribution >= 4 is 36.6 Å². The number of hydrogen-bond acceptors (Lipinski definition) is 0. The van der Waals surface area contributed by atoms with Crippen LogP contribution in [0.5, 0.6) is 0 Å². The van der Waals surface area contributed by atoms with Crippen LogP contribution in [0.15, 0.2) is 28.5 Å². The minimum absolute atomic E-state index is 0.0265. The van der Waals surface area contributed by atoms with Crippen LogP contribution >= 0.6 is 0 Å². The minimum atomic E-state index is -6.00. The second-order valence-electron chi connectivity index (χ2n) is 2.37. The summed E-state index contributed by atoms with van der Waals surface area (Å²) < 4.78 is 42.7. The van der Waals surface area contributed by atoms with Crippen LogP contribution in [-0.2, 0) is 0 Å². The standard InChI is InChI=1S/C7H5NTe.BF4/c1-2-4-7-6(3-1)8-5-9-7;2-1(3,4)5/h1-5H;/q;-1/p+1. The quantitative estimate of drug-likeness (QED) is 0.521. The first-order valence-electron chi connectivity index (χ1n) is 3.68. The molecule has 14 heavy (non-hydrogen) atoms. The molecule has 0 aliphatic heterocycles. The monoisotopic (exact) mass is 321 g/mol. The molecule has 0 atom stereocenters. The summed E-state index contributed by atoms with van der Waals surface area (Å²) in [6, 6.07) is 8.50. The van der Waals surface area contributed by atoms with Crippen LogP contribution in [0.2, 0.25) is 0 Å². The zero-order valence-electron chi connectivity index (χ0n) is 6.88. The van der Waals surface area contributed by atoms with Gasteiger partial charge in [-0.05, 0) is 0 Å². The SMILES string of the molecule is F[B-](F)(F)F.c1ccc2[te]c[nH+]c2c1. The van der Waals surface area contributed by atoms with Gasteiger partial charge in [-0.2, -0.15) is 0 Å². The Balaban J connectivity index is 0.000000171. The Morgan fingerprint density at radius 2 is 1.64 bits per heavy atom. The molecule has 0 amide bonds. The Hall–Kier alpha value is -0.535. The van der Waals surface area contributed by atoms with Gasteiger partial charge in [0.05, 0.1) is 0 Å². The molecule has 7 heteroatoms. The molecule has 0 spiro atoms. The van der Waals surface area contributed by atoms with E-state index in [1.54, 1.807) is 0 Å². The Morgan fingerprint density at radius 1 is 1.07 bits per heavy atom. The van der Waals surface area contributed by atoms with Crippen molar-refractivity contribution in [2.75, 3.05) is 0 Å². The van der Waals surface area contributed by atoms with Crippen molar-refractivity contribution in [1.82, 2.24) is 0 Å². The van der Waals surface area contributed by atoms with Crippen LogP contribution in [0, 0.1) is 0 Å². The third-order valence-electron chi connectivity index (χ3n) is 1.29. The summed E-state index contributed by atoms with van der Waals surface area (Å²) in [6.07, 6.45) is 0. The van der Waals surface area contributed by atoms with Gasteiger partial charge in [-0.25, -0.2) is 0 Å². The molecule has 0 saturated carbocycles. The van der Waals surface area contributed by atoms with Gasteiger partial charge in [0.15, 0.2) is 0 Å². The average Bonchev–Trinajstić information content (AvgIpc) is 2.47. The first kappa shape index (κ1) is 11.5. The summed E-state index contributed by atoms with van der Waals surface area (Å²) in [4.78, 5) is 3.23. The Kier molecular flexibility index (Phi) is 3.96. The summed E-state index contributed by atoms with van der Waals surface area (Å²) in [7, 11) is -6.00. The van der Waals surface area contributed by atoms with Crippen molar-refractivity contribution in [2.45, 2.75) is 0 Å². The summed E-state index contributed by atoms with van der Waals surface area (Å²) in [5.74, 6) is 0. The number of nitrogens with one attached hydrogen (secondary N) is 1. The number of fused-ring (bicyclic) bond motifs is 1. The molecule has 1 aromatic carbocycles. The number of aromatic nitrogens is 1. The Labute approximate surface area is 87.5 Å². The zero-order valence-corrected chi connectivity index (χ0v) is 9.21. The molecule has 1 N–H and O–H groups in total. The molecule has 2 rings (SSSR count). The summed E-state index contributed by atoms with van der Waals surface area (Å²) >= 11 is 0.0265. The average molecular weight is 319 g/mol. The first-order valence-corrected chi connectivity index (χ1v) is 6.19. The van der Waals surface area contributed by atoms with Gasteiger partial charge in [0.25, 0.3) is 0 Å². The van der Waals surface area contributed by atoms with Crippen LogP contribution < -0.4 is 4.98 Å². The molecule has 0 fully saturated rings. The third-order valence-corrected chi connectivity index (χ3v) is 3.70. The zero-order chi connectivity index (χ0) is 10.6. The van der Waals surface area contributed by atoms with Gasteiger partial charge in [-0.15, -0.1) is 0 Å². The van der Waals surface area contributed by atoms with E-state index >= 15 is 0 Å². The predicted molar refractivity (Wildman–Crippen MR) is 47.6 cm³/mol. The van der Waals surface area contributed by atoms with Gasteiger partial charge in [0.2, 0.25) is 0 Å². The summed E-state index contributed by atoms with van der Waals surface area (Å²) in [6.45, 7) is 0. The van der Waals surface area contributed by atoms with Gasteiger partial charge in [-0.1, -0.05) is 0 Å². The molecule has 1 nitrogen and oxygen atoms in total. The molecule has 0 aliphatic carbocycles. The van der Waals surface area contributed by atoms with Gasteiger partial charge >= 0.3 is 70.1 Å². The van der Waals surface area contributed by atoms with E-state index in [-0.39, 0.29) is 20.4 Å². The number of aromatic amines is 1. The van der Waals surface area contributed by atoms with E-state index in [0.29, 0.717) is 0 Å². The van der Waals surface area contributed by atoms with Crippen LogP contribution in [0.4, 0.5) is 17.3 Å². The van der Waals surface area contributed by atoms with Gasteiger partial charge in [0, 0.05) is 0 Å². The van der Waals surface area contributed by atoms with Crippen LogP contribution in [0.3, 0.4) is 0 Å². The van der Waals surface area contributed by atoms with E-state index in [1.165, 1.54) is 8.92 Å². The van der Waals surface area contributed by atoms with Gasteiger partial charge in [-0.3, -0.25) is 0 Å². The fourth-order valence-electron chi connectivity index (χ4n) is 0.845.